The highest BCUT2D eigenvalue weighted by Crippen LogP contribution is 2.68. The second-order valence-electron chi connectivity index (χ2n) is 14.4. The van der Waals surface area contributed by atoms with Crippen molar-refractivity contribution in [3.63, 3.8) is 0 Å². The molecular weight excluding hydrogens is 446 g/mol. The first-order chi connectivity index (χ1) is 17.0. The van der Waals surface area contributed by atoms with Gasteiger partial charge in [-0.3, -0.25) is 9.59 Å². The van der Waals surface area contributed by atoms with E-state index in [1.807, 2.05) is 0 Å². The van der Waals surface area contributed by atoms with Crippen molar-refractivity contribution < 1.29 is 9.59 Å². The summed E-state index contributed by atoms with van der Waals surface area (Å²) < 4.78 is 0. The number of hydrogen-bond acceptors (Lipinski definition) is 3. The van der Waals surface area contributed by atoms with Crippen LogP contribution in [0.5, 0.6) is 0 Å². The molecule has 0 heterocycles. The third kappa shape index (κ3) is 5.38. The molecule has 0 aromatic rings. The molecule has 5 nitrogen and oxygen atoms in total. The summed E-state index contributed by atoms with van der Waals surface area (Å²) >= 11 is 0. The minimum absolute atomic E-state index is 0.0824. The summed E-state index contributed by atoms with van der Waals surface area (Å²) in [4.78, 5) is 23.7. The first-order valence-corrected chi connectivity index (χ1v) is 15.3. The fourth-order valence-electron chi connectivity index (χ4n) is 10.0. The number of fused-ring (bicyclic) bond motifs is 5. The molecule has 10 atom stereocenters. The normalized spacial score (nSPS) is 41.6. The van der Waals surface area contributed by atoms with Crippen LogP contribution >= 0.6 is 0 Å². The lowest BCUT2D eigenvalue weighted by Crippen LogP contribution is -2.56. The van der Waals surface area contributed by atoms with E-state index in [1.165, 1.54) is 64.2 Å². The predicted molar refractivity (Wildman–Crippen MR) is 147 cm³/mol. The molecule has 4 fully saturated rings. The monoisotopic (exact) mass is 501 g/mol. The lowest BCUT2D eigenvalue weighted by Gasteiger charge is -2.61. The molecule has 0 aromatic carbocycles. The van der Waals surface area contributed by atoms with E-state index in [1.54, 1.807) is 0 Å². The van der Waals surface area contributed by atoms with E-state index < -0.39 is 11.9 Å². The van der Waals surface area contributed by atoms with Crippen LogP contribution in [0.25, 0.3) is 0 Å². The predicted octanol–water partition coefficient (Wildman–Crippen LogP) is 5.80. The van der Waals surface area contributed by atoms with Gasteiger partial charge in [0.15, 0.2) is 0 Å². The minimum Gasteiger partial charge on any atom is -0.370 e. The van der Waals surface area contributed by atoms with Crippen molar-refractivity contribution in [1.29, 1.82) is 0 Å². The highest BCUT2D eigenvalue weighted by molar-refractivity contribution is 5.87. The molecule has 0 radical (unpaired) electrons. The molecule has 2 amide bonds. The topological polar surface area (TPSA) is 98.2 Å². The maximum absolute atomic E-state index is 12.5. The molecule has 5 N–H and O–H groups in total. The smallest absolute Gasteiger partial charge is 0.237 e. The van der Waals surface area contributed by atoms with Gasteiger partial charge in [-0.1, -0.05) is 53.9 Å². The minimum atomic E-state index is -0.828. The van der Waals surface area contributed by atoms with Crippen LogP contribution < -0.4 is 16.8 Å². The summed E-state index contributed by atoms with van der Waals surface area (Å²) in [6.45, 7) is 12.6. The van der Waals surface area contributed by atoms with Gasteiger partial charge in [0, 0.05) is 6.04 Å². The number of carbonyl (C=O) groups is 2. The summed E-state index contributed by atoms with van der Waals surface area (Å²) in [5.74, 6) is 5.20. The molecule has 0 bridgehead atoms. The van der Waals surface area contributed by atoms with Crippen molar-refractivity contribution in [2.45, 2.75) is 130 Å². The van der Waals surface area contributed by atoms with Crippen molar-refractivity contribution in [1.82, 2.24) is 5.32 Å². The van der Waals surface area contributed by atoms with Gasteiger partial charge in [-0.05, 0) is 110 Å². The molecule has 0 saturated heterocycles. The fourth-order valence-corrected chi connectivity index (χ4v) is 10.0. The Labute approximate surface area is 220 Å². The lowest BCUT2D eigenvalue weighted by molar-refractivity contribution is -0.130. The van der Waals surface area contributed by atoms with Crippen molar-refractivity contribution in [3.05, 3.63) is 0 Å². The molecule has 0 aromatic heterocycles. The molecule has 1 unspecified atom stereocenters. The Morgan fingerprint density at radius 3 is 2.31 bits per heavy atom. The van der Waals surface area contributed by atoms with E-state index in [9.17, 15) is 9.59 Å². The van der Waals surface area contributed by atoms with Crippen LogP contribution in [0, 0.1) is 52.3 Å². The quantitative estimate of drug-likeness (QED) is 0.372. The molecule has 0 spiro atoms. The number of amides is 2. The van der Waals surface area contributed by atoms with E-state index in [4.69, 9.17) is 11.5 Å². The summed E-state index contributed by atoms with van der Waals surface area (Å²) in [5.41, 5.74) is 12.1. The van der Waals surface area contributed by atoms with Gasteiger partial charge in [-0.15, -0.1) is 0 Å². The van der Waals surface area contributed by atoms with Crippen LogP contribution in [0.4, 0.5) is 0 Å². The van der Waals surface area contributed by atoms with Crippen LogP contribution in [-0.4, -0.2) is 23.9 Å². The zero-order valence-electron chi connectivity index (χ0n) is 23.9. The van der Waals surface area contributed by atoms with E-state index in [0.29, 0.717) is 16.7 Å². The van der Waals surface area contributed by atoms with Gasteiger partial charge in [0.25, 0.3) is 0 Å². The third-order valence-electron chi connectivity index (χ3n) is 12.0. The van der Waals surface area contributed by atoms with Gasteiger partial charge in [0.2, 0.25) is 11.8 Å². The number of carbonyl (C=O) groups excluding carboxylic acids is 2. The van der Waals surface area contributed by atoms with Crippen LogP contribution in [0.2, 0.25) is 0 Å². The van der Waals surface area contributed by atoms with Gasteiger partial charge >= 0.3 is 0 Å². The standard InChI is InChI=1S/C31H55N3O2/c1-19(2)7-6-8-20(3)24-11-12-25-23-10-9-21-17-22(34-29(36)27(32)18-28(33)35)13-15-30(21,4)26(23)14-16-31(24,25)5/h19-27H,6-18,32H2,1-5H3,(H2,33,35)(H,34,36)/t20-,21?,22-,23+,24-,25+,26+,27+,30+,31-/m1/s1. The average Bonchev–Trinajstić information content (AvgIpc) is 3.15. The van der Waals surface area contributed by atoms with Crippen molar-refractivity contribution in [2.75, 3.05) is 0 Å². The number of nitrogens with one attached hydrogen (secondary N) is 1. The van der Waals surface area contributed by atoms with Gasteiger partial charge < -0.3 is 16.8 Å². The average molecular weight is 502 g/mol. The van der Waals surface area contributed by atoms with Crippen molar-refractivity contribution >= 4 is 11.8 Å². The van der Waals surface area contributed by atoms with Crippen LogP contribution in [0.15, 0.2) is 0 Å². The van der Waals surface area contributed by atoms with Crippen LogP contribution in [0.1, 0.15) is 118 Å². The number of primary amides is 1. The van der Waals surface area contributed by atoms with Crippen molar-refractivity contribution in [2.24, 2.45) is 63.7 Å². The van der Waals surface area contributed by atoms with Gasteiger partial charge in [0.1, 0.15) is 0 Å². The second kappa shape index (κ2) is 10.9. The number of rotatable bonds is 9. The first-order valence-electron chi connectivity index (χ1n) is 15.3. The summed E-state index contributed by atoms with van der Waals surface area (Å²) in [6.07, 6.45) is 15.8. The molecule has 0 aliphatic heterocycles. The highest BCUT2D eigenvalue weighted by Gasteiger charge is 2.60. The molecular formula is C31H55N3O2. The Balaban J connectivity index is 1.37. The molecule has 5 heteroatoms. The Bertz CT molecular complexity index is 799. The fraction of sp³-hybridized carbons (Fsp3) is 0.935. The Kier molecular flexibility index (Phi) is 8.49. The van der Waals surface area contributed by atoms with Gasteiger partial charge in [-0.25, -0.2) is 0 Å². The molecule has 36 heavy (non-hydrogen) atoms. The lowest BCUT2D eigenvalue weighted by atomic mass is 9.44. The van der Waals surface area contributed by atoms with E-state index in [0.717, 1.165) is 48.3 Å². The van der Waals surface area contributed by atoms with Crippen LogP contribution in [-0.2, 0) is 9.59 Å². The largest absolute Gasteiger partial charge is 0.370 e. The summed E-state index contributed by atoms with van der Waals surface area (Å²) in [7, 11) is 0. The van der Waals surface area contributed by atoms with E-state index in [-0.39, 0.29) is 18.4 Å². The van der Waals surface area contributed by atoms with Crippen molar-refractivity contribution in [3.8, 4) is 0 Å². The Morgan fingerprint density at radius 2 is 1.61 bits per heavy atom. The third-order valence-corrected chi connectivity index (χ3v) is 12.0. The highest BCUT2D eigenvalue weighted by atomic mass is 16.2. The molecule has 206 valence electrons. The Morgan fingerprint density at radius 1 is 0.917 bits per heavy atom. The summed E-state index contributed by atoms with van der Waals surface area (Å²) in [6, 6.07) is -0.645. The first kappa shape index (κ1) is 27.9. The molecule has 4 saturated carbocycles. The van der Waals surface area contributed by atoms with Gasteiger partial charge in [0.05, 0.1) is 12.5 Å². The zero-order chi connectivity index (χ0) is 26.3. The SMILES string of the molecule is CC(C)CCC[C@@H](C)[C@H]1CC[C@H]2[C@@H]3CCC4C[C@H](NC(=O)[C@@H](N)CC(N)=O)CC[C@]4(C)[C@H]3CC[C@]12C. The number of nitrogens with two attached hydrogens (primary N) is 2. The van der Waals surface area contributed by atoms with E-state index in [2.05, 4.69) is 39.9 Å². The molecule has 4 aliphatic carbocycles. The van der Waals surface area contributed by atoms with Gasteiger partial charge in [-0.2, -0.15) is 0 Å². The molecule has 4 rings (SSSR count). The van der Waals surface area contributed by atoms with E-state index >= 15 is 0 Å². The maximum Gasteiger partial charge on any atom is 0.237 e. The summed E-state index contributed by atoms with van der Waals surface area (Å²) in [5, 5.41) is 3.16. The Hall–Kier alpha value is -1.10. The number of hydrogen-bond donors (Lipinski definition) is 3. The second-order valence-corrected chi connectivity index (χ2v) is 14.4. The molecule has 4 aliphatic rings. The maximum atomic E-state index is 12.5. The zero-order valence-corrected chi connectivity index (χ0v) is 23.9. The van der Waals surface area contributed by atoms with Crippen LogP contribution in [0.3, 0.4) is 0 Å².